The molecule has 636 valence electrons. The first-order chi connectivity index (χ1) is 52.1. The number of carbonyl (C=O) groups excluding carboxylic acids is 4. The number of aliphatic hydroxyl groups is 1. The third-order valence-corrected chi connectivity index (χ3v) is 23.0. The molecule has 3 N–H and O–H groups in total. The average Bonchev–Trinajstić information content (AvgIpc) is 0.905. The van der Waals surface area contributed by atoms with Gasteiger partial charge in [0.1, 0.15) is 19.3 Å². The Morgan fingerprint density at radius 2 is 0.449 bits per heavy atom. The highest BCUT2D eigenvalue weighted by Gasteiger charge is 2.30. The maximum absolute atomic E-state index is 13.2. The van der Waals surface area contributed by atoms with Crippen molar-refractivity contribution in [3.05, 3.63) is 0 Å². The van der Waals surface area contributed by atoms with E-state index in [2.05, 4.69) is 34.6 Å². The number of carbonyl (C=O) groups is 4. The zero-order valence-corrected chi connectivity index (χ0v) is 72.1. The molecule has 0 radical (unpaired) electrons. The number of ether oxygens (including phenoxy) is 4. The number of aliphatic hydroxyl groups excluding tert-OH is 1. The number of rotatable bonds is 88. The largest absolute Gasteiger partial charge is 0.472 e. The second-order valence-electron chi connectivity index (χ2n) is 31.9. The highest BCUT2D eigenvalue weighted by Crippen LogP contribution is 2.45. The highest BCUT2D eigenvalue weighted by molar-refractivity contribution is 7.47. The molecule has 3 unspecified atom stereocenters. The lowest BCUT2D eigenvalue weighted by Crippen LogP contribution is -2.30. The van der Waals surface area contributed by atoms with Crippen molar-refractivity contribution in [2.45, 2.75) is 496 Å². The number of esters is 4. The van der Waals surface area contributed by atoms with Gasteiger partial charge in [0, 0.05) is 25.7 Å². The molecule has 0 spiro atoms. The van der Waals surface area contributed by atoms with Crippen LogP contribution in [-0.2, 0) is 65.4 Å². The van der Waals surface area contributed by atoms with Crippen molar-refractivity contribution in [3.63, 3.8) is 0 Å². The van der Waals surface area contributed by atoms with E-state index in [9.17, 15) is 43.2 Å². The van der Waals surface area contributed by atoms with Crippen molar-refractivity contribution < 1.29 is 80.2 Å². The minimum absolute atomic E-state index is 0.109. The number of unbranched alkanes of at least 4 members (excludes halogenated alkanes) is 59. The van der Waals surface area contributed by atoms with Crippen molar-refractivity contribution in [1.29, 1.82) is 0 Å². The Morgan fingerprint density at radius 1 is 0.262 bits per heavy atom. The quantitative estimate of drug-likeness (QED) is 0.0222. The summed E-state index contributed by atoms with van der Waals surface area (Å²) in [6, 6.07) is 0. The van der Waals surface area contributed by atoms with Gasteiger partial charge in [-0.25, -0.2) is 9.13 Å². The molecule has 107 heavy (non-hydrogen) atoms. The molecular formula is C88H172O17P2. The molecule has 0 aromatic heterocycles. The molecule has 0 bridgehead atoms. The summed E-state index contributed by atoms with van der Waals surface area (Å²) in [5, 5.41) is 10.7. The van der Waals surface area contributed by atoms with Gasteiger partial charge in [-0.15, -0.1) is 0 Å². The number of hydrogen-bond donors (Lipinski definition) is 3. The van der Waals surface area contributed by atoms with E-state index in [1.165, 1.54) is 302 Å². The van der Waals surface area contributed by atoms with Gasteiger partial charge in [-0.05, 0) is 31.6 Å². The van der Waals surface area contributed by atoms with Gasteiger partial charge < -0.3 is 33.8 Å². The lowest BCUT2D eigenvalue weighted by Gasteiger charge is -2.21. The van der Waals surface area contributed by atoms with Gasteiger partial charge in [0.2, 0.25) is 0 Å². The van der Waals surface area contributed by atoms with Crippen molar-refractivity contribution in [1.82, 2.24) is 0 Å². The zero-order valence-electron chi connectivity index (χ0n) is 70.3. The van der Waals surface area contributed by atoms with Crippen LogP contribution in [0.25, 0.3) is 0 Å². The van der Waals surface area contributed by atoms with Gasteiger partial charge >= 0.3 is 39.5 Å². The van der Waals surface area contributed by atoms with Crippen LogP contribution in [0.1, 0.15) is 478 Å². The number of phosphoric ester groups is 2. The van der Waals surface area contributed by atoms with Crippen LogP contribution < -0.4 is 0 Å². The van der Waals surface area contributed by atoms with Crippen LogP contribution >= 0.6 is 15.6 Å². The van der Waals surface area contributed by atoms with E-state index < -0.39 is 97.5 Å². The second kappa shape index (κ2) is 80.7. The fourth-order valence-electron chi connectivity index (χ4n) is 13.8. The second-order valence-corrected chi connectivity index (χ2v) is 34.8. The number of hydrogen-bond acceptors (Lipinski definition) is 15. The van der Waals surface area contributed by atoms with E-state index in [0.717, 1.165) is 95.8 Å². The van der Waals surface area contributed by atoms with Gasteiger partial charge in [0.25, 0.3) is 0 Å². The lowest BCUT2D eigenvalue weighted by molar-refractivity contribution is -0.161. The summed E-state index contributed by atoms with van der Waals surface area (Å²) in [4.78, 5) is 73.2. The molecule has 0 amide bonds. The molecule has 0 heterocycles. The Morgan fingerprint density at radius 3 is 0.664 bits per heavy atom. The van der Waals surface area contributed by atoms with Crippen LogP contribution in [0.4, 0.5) is 0 Å². The molecule has 0 aromatic carbocycles. The van der Waals surface area contributed by atoms with E-state index in [4.69, 9.17) is 37.0 Å². The van der Waals surface area contributed by atoms with Gasteiger partial charge in [0.15, 0.2) is 12.2 Å². The van der Waals surface area contributed by atoms with Gasteiger partial charge in [0.05, 0.1) is 26.4 Å². The Bertz CT molecular complexity index is 2030. The summed E-state index contributed by atoms with van der Waals surface area (Å²) in [5.74, 6) is -1.23. The van der Waals surface area contributed by atoms with Crippen LogP contribution in [-0.4, -0.2) is 96.7 Å². The monoisotopic (exact) mass is 1560 g/mol. The third-order valence-electron chi connectivity index (χ3n) is 21.1. The first kappa shape index (κ1) is 105. The summed E-state index contributed by atoms with van der Waals surface area (Å²) in [6.07, 6.45) is 75.0. The maximum atomic E-state index is 13.2. The number of phosphoric acid groups is 2. The first-order valence-corrected chi connectivity index (χ1v) is 48.7. The standard InChI is InChI=1S/C88H172O17P2/c1-6-10-13-16-19-22-25-27-29-30-31-32-33-37-40-44-47-52-57-62-67-72-86(91)99-78-84(105-88(93)74-69-64-59-54-49-45-41-38-35-34-36-39-42-46-50-55-60-65-70-81(5)9-4)80-103-107(96,97)101-76-82(89)75-100-106(94,95)102-79-83(77-98-85(90)71-66-61-56-51-24-21-18-15-12-8-3)104-87(92)73-68-63-58-53-48-43-28-26-23-20-17-14-11-7-2/h81-84,89H,6-80H2,1-5H3,(H,94,95)(H,96,97)/t81?,82-,83+,84+/m0/s1. The van der Waals surface area contributed by atoms with E-state index in [1.54, 1.807) is 0 Å². The van der Waals surface area contributed by atoms with Crippen molar-refractivity contribution in [3.8, 4) is 0 Å². The molecule has 0 fully saturated rings. The molecule has 0 aliphatic rings. The molecule has 0 saturated heterocycles. The summed E-state index contributed by atoms with van der Waals surface area (Å²) >= 11 is 0. The lowest BCUT2D eigenvalue weighted by atomic mass is 9.99. The summed E-state index contributed by atoms with van der Waals surface area (Å²) in [6.45, 7) is 7.43. The molecule has 0 rings (SSSR count). The predicted octanol–water partition coefficient (Wildman–Crippen LogP) is 27.2. The first-order valence-electron chi connectivity index (χ1n) is 45.7. The molecule has 0 aliphatic carbocycles. The van der Waals surface area contributed by atoms with Gasteiger partial charge in [-0.3, -0.25) is 37.3 Å². The molecule has 0 saturated carbocycles. The van der Waals surface area contributed by atoms with Crippen molar-refractivity contribution in [2.24, 2.45) is 5.92 Å². The third kappa shape index (κ3) is 80.5. The summed E-state index contributed by atoms with van der Waals surface area (Å²) in [5.41, 5.74) is 0. The fourth-order valence-corrected chi connectivity index (χ4v) is 15.4. The molecule has 0 aliphatic heterocycles. The van der Waals surface area contributed by atoms with Crippen LogP contribution in [0.5, 0.6) is 0 Å². The predicted molar refractivity (Wildman–Crippen MR) is 442 cm³/mol. The Balaban J connectivity index is 5.20. The Labute approximate surface area is 658 Å². The summed E-state index contributed by atoms with van der Waals surface area (Å²) < 4.78 is 68.9. The molecule has 17 nitrogen and oxygen atoms in total. The average molecular weight is 1560 g/mol. The molecular weight excluding hydrogens is 1390 g/mol. The fraction of sp³-hybridized carbons (Fsp3) is 0.955. The summed E-state index contributed by atoms with van der Waals surface area (Å²) in [7, 11) is -9.93. The minimum atomic E-state index is -4.97. The SMILES string of the molecule is CCCCCCCCCCCCCCCCCCCCCCCC(=O)OC[C@H](COP(=O)(O)OC[C@@H](O)COP(=O)(O)OC[C@@H](COC(=O)CCCCCCCCCCCC)OC(=O)CCCCCCCCCCCCCCCC)OC(=O)CCCCCCCCCCCCCCCCCCCCC(C)CC. The van der Waals surface area contributed by atoms with Crippen molar-refractivity contribution >= 4 is 39.5 Å². The van der Waals surface area contributed by atoms with Gasteiger partial charge in [-0.1, -0.05) is 426 Å². The van der Waals surface area contributed by atoms with Crippen LogP contribution in [0.15, 0.2) is 0 Å². The van der Waals surface area contributed by atoms with Crippen LogP contribution in [0.3, 0.4) is 0 Å². The smallest absolute Gasteiger partial charge is 0.462 e. The molecule has 19 heteroatoms. The zero-order chi connectivity index (χ0) is 78.3. The molecule has 6 atom stereocenters. The van der Waals surface area contributed by atoms with E-state index >= 15 is 0 Å². The normalized spacial score (nSPS) is 14.0. The van der Waals surface area contributed by atoms with E-state index in [0.29, 0.717) is 25.7 Å². The van der Waals surface area contributed by atoms with Gasteiger partial charge in [-0.2, -0.15) is 0 Å². The van der Waals surface area contributed by atoms with Crippen LogP contribution in [0, 0.1) is 5.92 Å². The minimum Gasteiger partial charge on any atom is -0.462 e. The molecule has 0 aromatic rings. The maximum Gasteiger partial charge on any atom is 0.472 e. The van der Waals surface area contributed by atoms with Crippen LogP contribution in [0.2, 0.25) is 0 Å². The topological polar surface area (TPSA) is 237 Å². The Hall–Kier alpha value is -1.94. The Kier molecular flexibility index (Phi) is 79.2. The van der Waals surface area contributed by atoms with E-state index in [-0.39, 0.29) is 25.7 Å². The van der Waals surface area contributed by atoms with E-state index in [1.807, 2.05) is 0 Å². The highest BCUT2D eigenvalue weighted by atomic mass is 31.2. The van der Waals surface area contributed by atoms with Crippen molar-refractivity contribution in [2.75, 3.05) is 39.6 Å².